The molecule has 2 heterocycles. The van der Waals surface area contributed by atoms with E-state index >= 15 is 0 Å². The van der Waals surface area contributed by atoms with E-state index in [9.17, 15) is 4.79 Å². The van der Waals surface area contributed by atoms with Crippen LogP contribution in [0.2, 0.25) is 0 Å². The van der Waals surface area contributed by atoms with Crippen LogP contribution in [-0.2, 0) is 17.8 Å². The van der Waals surface area contributed by atoms with Crippen molar-refractivity contribution >= 4 is 11.6 Å². The van der Waals surface area contributed by atoms with Crippen LogP contribution < -0.4 is 10.6 Å². The molecular weight excluding hydrogens is 244 g/mol. The summed E-state index contributed by atoms with van der Waals surface area (Å²) in [6.45, 7) is 0.422. The number of aryl methyl sites for hydroxylation is 1. The van der Waals surface area contributed by atoms with Crippen LogP contribution >= 0.6 is 0 Å². The summed E-state index contributed by atoms with van der Waals surface area (Å²) in [4.78, 5) is 16.0. The van der Waals surface area contributed by atoms with Gasteiger partial charge in [-0.3, -0.25) is 10.1 Å². The molecule has 0 spiro atoms. The molecule has 1 aromatic heterocycles. The quantitative estimate of drug-likeness (QED) is 0.862. The highest BCUT2D eigenvalue weighted by Gasteiger charge is 2.23. The summed E-state index contributed by atoms with van der Waals surface area (Å²) in [7, 11) is 0. The number of hydrogen-bond donors (Lipinski definition) is 2. The summed E-state index contributed by atoms with van der Waals surface area (Å²) in [5, 5.41) is 9.80. The predicted octanol–water partition coefficient (Wildman–Crippen LogP) is 1.11. The number of nitrogens with zero attached hydrogens (tertiary/aromatic N) is 2. The van der Waals surface area contributed by atoms with Crippen molar-refractivity contribution in [1.29, 1.82) is 0 Å². The van der Waals surface area contributed by atoms with E-state index in [4.69, 9.17) is 0 Å². The zero-order chi connectivity index (χ0) is 13.1. The Kier molecular flexibility index (Phi) is 3.24. The van der Waals surface area contributed by atoms with Crippen molar-refractivity contribution in [2.75, 3.05) is 5.32 Å². The Bertz CT molecular complexity index is 566. The van der Waals surface area contributed by atoms with Crippen molar-refractivity contribution in [1.82, 2.24) is 15.5 Å². The van der Waals surface area contributed by atoms with E-state index in [-0.39, 0.29) is 11.9 Å². The summed E-state index contributed by atoms with van der Waals surface area (Å²) < 4.78 is 4.65. The minimum Gasteiger partial charge on any atom is -0.343 e. The van der Waals surface area contributed by atoms with Crippen LogP contribution in [0.25, 0.3) is 0 Å². The molecule has 0 saturated carbocycles. The first-order valence-electron chi connectivity index (χ1n) is 6.20. The lowest BCUT2D eigenvalue weighted by atomic mass is 10.1. The van der Waals surface area contributed by atoms with Crippen molar-refractivity contribution in [2.24, 2.45) is 0 Å². The zero-order valence-corrected chi connectivity index (χ0v) is 10.3. The highest BCUT2D eigenvalue weighted by molar-refractivity contribution is 5.96. The lowest BCUT2D eigenvalue weighted by Gasteiger charge is -2.13. The van der Waals surface area contributed by atoms with Crippen LogP contribution in [0, 0.1) is 0 Å². The average molecular weight is 258 g/mol. The van der Waals surface area contributed by atoms with Gasteiger partial charge in [-0.2, -0.15) is 4.98 Å². The van der Waals surface area contributed by atoms with Gasteiger partial charge in [0.15, 0.2) is 5.82 Å². The fraction of sp³-hybridized carbons (Fsp3) is 0.308. The molecule has 1 aromatic carbocycles. The van der Waals surface area contributed by atoms with Crippen LogP contribution in [0.3, 0.4) is 0 Å². The van der Waals surface area contributed by atoms with Crippen molar-refractivity contribution < 1.29 is 9.32 Å². The van der Waals surface area contributed by atoms with Crippen LogP contribution in [0.15, 0.2) is 35.2 Å². The van der Waals surface area contributed by atoms with Crippen LogP contribution in [0.5, 0.6) is 0 Å². The van der Waals surface area contributed by atoms with Crippen LogP contribution in [0.1, 0.15) is 17.8 Å². The van der Waals surface area contributed by atoms with E-state index in [2.05, 4.69) is 25.3 Å². The Labute approximate surface area is 110 Å². The molecule has 6 heteroatoms. The largest absolute Gasteiger partial charge is 0.343 e. The molecule has 1 unspecified atom stereocenters. The first-order chi connectivity index (χ1) is 9.33. The number of anilines is 1. The van der Waals surface area contributed by atoms with Gasteiger partial charge in [0.1, 0.15) is 0 Å². The van der Waals surface area contributed by atoms with Gasteiger partial charge in [-0.15, -0.1) is 0 Å². The molecule has 1 atom stereocenters. The maximum absolute atomic E-state index is 12.1. The molecule has 1 amide bonds. The van der Waals surface area contributed by atoms with Gasteiger partial charge in [0, 0.05) is 5.69 Å². The maximum Gasteiger partial charge on any atom is 0.241 e. The van der Waals surface area contributed by atoms with E-state index in [0.29, 0.717) is 12.4 Å². The number of carbonyl (C=O) groups is 1. The summed E-state index contributed by atoms with van der Waals surface area (Å²) in [5.41, 5.74) is 2.07. The molecular formula is C13H14N4O2. The third kappa shape index (κ3) is 2.63. The summed E-state index contributed by atoms with van der Waals surface area (Å²) in [6.07, 6.45) is 2.89. The normalized spacial score (nSPS) is 18.5. The molecule has 3 rings (SSSR count). The number of aromatic nitrogens is 2. The Morgan fingerprint density at radius 1 is 1.42 bits per heavy atom. The molecule has 19 heavy (non-hydrogen) atoms. The molecule has 6 nitrogen and oxygen atoms in total. The number of benzene rings is 1. The lowest BCUT2D eigenvalue weighted by Crippen LogP contribution is -2.39. The van der Waals surface area contributed by atoms with Gasteiger partial charge in [0.2, 0.25) is 12.3 Å². The second kappa shape index (κ2) is 5.19. The SMILES string of the molecule is O=C1Nc2ccccc2CCC1NCc1ncon1. The third-order valence-corrected chi connectivity index (χ3v) is 3.21. The minimum atomic E-state index is -0.245. The molecule has 98 valence electrons. The Balaban J connectivity index is 1.67. The minimum absolute atomic E-state index is 0.0200. The second-order valence-corrected chi connectivity index (χ2v) is 4.47. The first-order valence-corrected chi connectivity index (χ1v) is 6.20. The van der Waals surface area contributed by atoms with Gasteiger partial charge in [-0.1, -0.05) is 23.4 Å². The zero-order valence-electron chi connectivity index (χ0n) is 10.3. The number of para-hydroxylation sites is 1. The van der Waals surface area contributed by atoms with Gasteiger partial charge in [0.05, 0.1) is 12.6 Å². The summed E-state index contributed by atoms with van der Waals surface area (Å²) >= 11 is 0. The van der Waals surface area contributed by atoms with Crippen molar-refractivity contribution in [2.45, 2.75) is 25.4 Å². The monoisotopic (exact) mass is 258 g/mol. The fourth-order valence-corrected chi connectivity index (χ4v) is 2.19. The Morgan fingerprint density at radius 2 is 2.32 bits per heavy atom. The third-order valence-electron chi connectivity index (χ3n) is 3.21. The highest BCUT2D eigenvalue weighted by Crippen LogP contribution is 2.21. The van der Waals surface area contributed by atoms with Crippen LogP contribution in [-0.4, -0.2) is 22.1 Å². The van der Waals surface area contributed by atoms with Crippen molar-refractivity contribution in [3.63, 3.8) is 0 Å². The molecule has 1 aliphatic heterocycles. The number of fused-ring (bicyclic) bond motifs is 1. The molecule has 0 aliphatic carbocycles. The summed E-state index contributed by atoms with van der Waals surface area (Å²) in [6, 6.07) is 7.63. The van der Waals surface area contributed by atoms with Crippen molar-refractivity contribution in [3.8, 4) is 0 Å². The van der Waals surface area contributed by atoms with Gasteiger partial charge >= 0.3 is 0 Å². The molecule has 0 bridgehead atoms. The number of nitrogens with one attached hydrogen (secondary N) is 2. The summed E-state index contributed by atoms with van der Waals surface area (Å²) in [5.74, 6) is 0.531. The highest BCUT2D eigenvalue weighted by atomic mass is 16.5. The van der Waals surface area contributed by atoms with Gasteiger partial charge in [-0.25, -0.2) is 0 Å². The van der Waals surface area contributed by atoms with Crippen molar-refractivity contribution in [3.05, 3.63) is 42.0 Å². The Hall–Kier alpha value is -2.21. The van der Waals surface area contributed by atoms with Crippen LogP contribution in [0.4, 0.5) is 5.69 Å². The molecule has 2 aromatic rings. The van der Waals surface area contributed by atoms with E-state index in [1.54, 1.807) is 0 Å². The van der Waals surface area contributed by atoms with E-state index in [1.807, 2.05) is 24.3 Å². The number of carbonyl (C=O) groups excluding carboxylic acids is 1. The molecule has 0 fully saturated rings. The predicted molar refractivity (Wildman–Crippen MR) is 68.3 cm³/mol. The van der Waals surface area contributed by atoms with E-state index < -0.39 is 0 Å². The fourth-order valence-electron chi connectivity index (χ4n) is 2.19. The molecule has 1 aliphatic rings. The molecule has 0 radical (unpaired) electrons. The number of hydrogen-bond acceptors (Lipinski definition) is 5. The maximum atomic E-state index is 12.1. The Morgan fingerprint density at radius 3 is 3.16 bits per heavy atom. The van der Waals surface area contributed by atoms with E-state index in [0.717, 1.165) is 18.5 Å². The topological polar surface area (TPSA) is 80.0 Å². The van der Waals surface area contributed by atoms with E-state index in [1.165, 1.54) is 12.0 Å². The van der Waals surface area contributed by atoms with Gasteiger partial charge in [0.25, 0.3) is 0 Å². The number of amides is 1. The smallest absolute Gasteiger partial charge is 0.241 e. The standard InChI is InChI=1S/C13H14N4O2/c18-13-11(14-7-12-15-8-19-17-12)6-5-9-3-1-2-4-10(9)16-13/h1-4,8,11,14H,5-7H2,(H,16,18). The second-order valence-electron chi connectivity index (χ2n) is 4.47. The lowest BCUT2D eigenvalue weighted by molar-refractivity contribution is -0.118. The molecule has 2 N–H and O–H groups in total. The molecule has 0 saturated heterocycles. The van der Waals surface area contributed by atoms with Gasteiger partial charge in [-0.05, 0) is 24.5 Å². The van der Waals surface area contributed by atoms with Gasteiger partial charge < -0.3 is 9.84 Å². The average Bonchev–Trinajstić information content (AvgIpc) is 2.88. The number of rotatable bonds is 3. The first kappa shape index (κ1) is 11.9.